The highest BCUT2D eigenvalue weighted by Crippen LogP contribution is 2.54. The van der Waals surface area contributed by atoms with E-state index in [2.05, 4.69) is 6.92 Å². The van der Waals surface area contributed by atoms with Crippen LogP contribution in [-0.4, -0.2) is 14.1 Å². The van der Waals surface area contributed by atoms with Crippen molar-refractivity contribution in [1.82, 2.24) is 0 Å². The molecule has 1 heterocycles. The zero-order chi connectivity index (χ0) is 7.03. The average molecular weight is 152 g/mol. The fourth-order valence-electron chi connectivity index (χ4n) is 2.81. The summed E-state index contributed by atoms with van der Waals surface area (Å²) in [4.78, 5) is 0. The van der Waals surface area contributed by atoms with Crippen molar-refractivity contribution in [2.75, 3.05) is 0 Å². The molecule has 1 aliphatic heterocycles. The van der Waals surface area contributed by atoms with E-state index in [9.17, 15) is 0 Å². The van der Waals surface area contributed by atoms with Gasteiger partial charge >= 0.3 is 0 Å². The van der Waals surface area contributed by atoms with Gasteiger partial charge in [0.05, 0.1) is 0 Å². The first-order valence-corrected chi connectivity index (χ1v) is 7.30. The first-order valence-electron chi connectivity index (χ1n) is 4.85. The molecule has 10 heavy (non-hydrogen) atoms. The van der Waals surface area contributed by atoms with Gasteiger partial charge in [0.15, 0.2) is 0 Å². The smallest absolute Gasteiger partial charge is 0.0967 e. The summed E-state index contributed by atoms with van der Waals surface area (Å²) in [5, 5.41) is 4.96. The third kappa shape index (κ3) is 1.04. The predicted molar refractivity (Wildman–Crippen MR) is 46.8 cm³/mol. The van der Waals surface area contributed by atoms with Crippen molar-refractivity contribution in [3.05, 3.63) is 0 Å². The average Bonchev–Trinajstić information content (AvgIpc) is 2.29. The SMILES string of the molecule is C[CH2][Al]1[CH2]CC2(CCC2)[CH2]1. The molecule has 0 unspecified atom stereocenters. The van der Waals surface area contributed by atoms with Gasteiger partial charge in [-0.05, 0) is 18.3 Å². The Balaban J connectivity index is 1.92. The van der Waals surface area contributed by atoms with Crippen LogP contribution in [0.3, 0.4) is 0 Å². The predicted octanol–water partition coefficient (Wildman–Crippen LogP) is 3.08. The Labute approximate surface area is 68.4 Å². The van der Waals surface area contributed by atoms with Crippen molar-refractivity contribution >= 4 is 14.1 Å². The molecule has 0 bridgehead atoms. The van der Waals surface area contributed by atoms with Crippen molar-refractivity contribution in [1.29, 1.82) is 0 Å². The van der Waals surface area contributed by atoms with Crippen LogP contribution in [0.15, 0.2) is 0 Å². The van der Waals surface area contributed by atoms with Gasteiger partial charge in [-0.2, -0.15) is 0 Å². The van der Waals surface area contributed by atoms with Gasteiger partial charge in [-0.25, -0.2) is 0 Å². The first kappa shape index (κ1) is 7.20. The molecule has 1 saturated heterocycles. The number of hydrogen-bond acceptors (Lipinski definition) is 0. The highest BCUT2D eigenvalue weighted by molar-refractivity contribution is 6.59. The van der Waals surface area contributed by atoms with Crippen molar-refractivity contribution < 1.29 is 0 Å². The largest absolute Gasteiger partial charge is 0.262 e. The monoisotopic (exact) mass is 152 g/mol. The number of hydrogen-bond donors (Lipinski definition) is 0. The Kier molecular flexibility index (Phi) is 1.83. The van der Waals surface area contributed by atoms with E-state index < -0.39 is 0 Å². The summed E-state index contributed by atoms with van der Waals surface area (Å²) in [7, 11) is 0. The minimum atomic E-state index is -0.152. The Morgan fingerprint density at radius 3 is 2.40 bits per heavy atom. The summed E-state index contributed by atoms with van der Waals surface area (Å²) in [5.74, 6) is 0. The van der Waals surface area contributed by atoms with Gasteiger partial charge in [0.2, 0.25) is 0 Å². The minimum Gasteiger partial charge on any atom is -0.0967 e. The quantitative estimate of drug-likeness (QED) is 0.506. The van der Waals surface area contributed by atoms with Crippen molar-refractivity contribution in [2.24, 2.45) is 5.41 Å². The molecule has 0 aromatic rings. The molecule has 0 amide bonds. The lowest BCUT2D eigenvalue weighted by Gasteiger charge is -2.39. The molecular formula is C9H17Al. The standard InChI is InChI=1S/C7H12.C2H5.Al/c1-3-7(2)5-4-6-7;1-2;/h1-6H2;1H2,2H3;. The summed E-state index contributed by atoms with van der Waals surface area (Å²) >= 11 is -0.152. The first-order chi connectivity index (χ1) is 4.85. The fraction of sp³-hybridized carbons (Fsp3) is 1.00. The molecule has 0 aromatic carbocycles. The van der Waals surface area contributed by atoms with E-state index in [4.69, 9.17) is 0 Å². The van der Waals surface area contributed by atoms with E-state index in [1.165, 1.54) is 0 Å². The highest BCUT2D eigenvalue weighted by atomic mass is 27.2. The van der Waals surface area contributed by atoms with E-state index in [1.54, 1.807) is 41.5 Å². The molecule has 56 valence electrons. The summed E-state index contributed by atoms with van der Waals surface area (Å²) < 4.78 is 0. The Morgan fingerprint density at radius 2 is 2.10 bits per heavy atom. The Hall–Kier alpha value is 0.532. The van der Waals surface area contributed by atoms with Crippen LogP contribution in [0.25, 0.3) is 0 Å². The summed E-state index contributed by atoms with van der Waals surface area (Å²) in [6, 6.07) is 0. The van der Waals surface area contributed by atoms with E-state index >= 15 is 0 Å². The van der Waals surface area contributed by atoms with E-state index in [1.807, 2.05) is 0 Å². The maximum atomic E-state index is 2.41. The van der Waals surface area contributed by atoms with Gasteiger partial charge < -0.3 is 0 Å². The van der Waals surface area contributed by atoms with Gasteiger partial charge in [0.1, 0.15) is 0 Å². The molecule has 1 saturated carbocycles. The lowest BCUT2D eigenvalue weighted by atomic mass is 9.69. The molecule has 2 fully saturated rings. The molecule has 1 aliphatic carbocycles. The summed E-state index contributed by atoms with van der Waals surface area (Å²) in [6.45, 7) is 2.41. The lowest BCUT2D eigenvalue weighted by Crippen LogP contribution is -2.26. The zero-order valence-corrected chi connectivity index (χ0v) is 8.18. The van der Waals surface area contributed by atoms with E-state index in [-0.39, 0.29) is 14.1 Å². The van der Waals surface area contributed by atoms with Crippen LogP contribution in [0.5, 0.6) is 0 Å². The molecule has 0 radical (unpaired) electrons. The van der Waals surface area contributed by atoms with Crippen LogP contribution < -0.4 is 0 Å². The van der Waals surface area contributed by atoms with Crippen LogP contribution in [-0.2, 0) is 0 Å². The lowest BCUT2D eigenvalue weighted by molar-refractivity contribution is 0.166. The molecule has 2 rings (SSSR count). The Morgan fingerprint density at radius 1 is 1.30 bits per heavy atom. The molecule has 1 spiro atoms. The molecular weight excluding hydrogens is 135 g/mol. The van der Waals surface area contributed by atoms with Crippen molar-refractivity contribution in [3.63, 3.8) is 0 Å². The van der Waals surface area contributed by atoms with Crippen LogP contribution in [0, 0.1) is 5.41 Å². The van der Waals surface area contributed by atoms with Crippen LogP contribution in [0.2, 0.25) is 15.8 Å². The van der Waals surface area contributed by atoms with Crippen LogP contribution >= 0.6 is 0 Å². The number of rotatable bonds is 1. The highest BCUT2D eigenvalue weighted by Gasteiger charge is 2.44. The van der Waals surface area contributed by atoms with Gasteiger partial charge in [-0.1, -0.05) is 35.6 Å². The second-order valence-corrected chi connectivity index (χ2v) is 7.90. The topological polar surface area (TPSA) is 0 Å². The molecule has 2 aliphatic rings. The molecule has 0 aromatic heterocycles. The van der Waals surface area contributed by atoms with Crippen LogP contribution in [0.4, 0.5) is 0 Å². The molecule has 0 atom stereocenters. The van der Waals surface area contributed by atoms with Gasteiger partial charge in [0, 0.05) is 0 Å². The fourth-order valence-corrected chi connectivity index (χ4v) is 6.56. The van der Waals surface area contributed by atoms with Gasteiger partial charge in [0.25, 0.3) is 14.1 Å². The Bertz CT molecular complexity index is 127. The molecule has 0 N–H and O–H groups in total. The summed E-state index contributed by atoms with van der Waals surface area (Å²) in [6.07, 6.45) is 6.36. The third-order valence-electron chi connectivity index (χ3n) is 3.80. The van der Waals surface area contributed by atoms with Crippen molar-refractivity contribution in [2.45, 2.75) is 48.5 Å². The second-order valence-electron chi connectivity index (χ2n) is 4.37. The maximum Gasteiger partial charge on any atom is 0.262 e. The third-order valence-corrected chi connectivity index (χ3v) is 7.50. The second kappa shape index (κ2) is 2.54. The van der Waals surface area contributed by atoms with E-state index in [0.717, 1.165) is 5.41 Å². The van der Waals surface area contributed by atoms with Gasteiger partial charge in [-0.3, -0.25) is 0 Å². The summed E-state index contributed by atoms with van der Waals surface area (Å²) in [5.41, 5.74) is 0.951. The molecule has 0 nitrogen and oxygen atoms in total. The van der Waals surface area contributed by atoms with Crippen molar-refractivity contribution in [3.8, 4) is 0 Å². The van der Waals surface area contributed by atoms with Gasteiger partial charge in [-0.15, -0.1) is 0 Å². The van der Waals surface area contributed by atoms with E-state index in [0.29, 0.717) is 0 Å². The zero-order valence-electron chi connectivity index (χ0n) is 7.03. The molecule has 1 heteroatoms. The van der Waals surface area contributed by atoms with Crippen LogP contribution in [0.1, 0.15) is 32.6 Å². The maximum absolute atomic E-state index is 2.41. The minimum absolute atomic E-state index is 0.152. The normalized spacial score (nSPS) is 29.1.